The van der Waals surface area contributed by atoms with Gasteiger partial charge in [0.05, 0.1) is 12.6 Å². The first-order valence-corrected chi connectivity index (χ1v) is 8.04. The fourth-order valence-electron chi connectivity index (χ4n) is 2.64. The summed E-state index contributed by atoms with van der Waals surface area (Å²) in [5.74, 6) is 0.848. The molecule has 1 aliphatic rings. The summed E-state index contributed by atoms with van der Waals surface area (Å²) in [4.78, 5) is 27.6. The van der Waals surface area contributed by atoms with E-state index in [4.69, 9.17) is 4.74 Å². The van der Waals surface area contributed by atoms with Gasteiger partial charge in [-0.05, 0) is 38.1 Å². The molecule has 0 aromatic heterocycles. The van der Waals surface area contributed by atoms with Crippen molar-refractivity contribution >= 4 is 17.5 Å². The van der Waals surface area contributed by atoms with Gasteiger partial charge < -0.3 is 15.0 Å². The summed E-state index contributed by atoms with van der Waals surface area (Å²) in [5, 5.41) is 2.93. The predicted octanol–water partition coefficient (Wildman–Crippen LogP) is 1.58. The quantitative estimate of drug-likeness (QED) is 0.895. The summed E-state index contributed by atoms with van der Waals surface area (Å²) < 4.78 is 5.38. The lowest BCUT2D eigenvalue weighted by Crippen LogP contribution is -2.53. The van der Waals surface area contributed by atoms with E-state index in [0.717, 1.165) is 24.5 Å². The normalized spacial score (nSPS) is 16.7. The minimum atomic E-state index is -0.226. The maximum Gasteiger partial charge on any atom is 0.241 e. The summed E-state index contributed by atoms with van der Waals surface area (Å²) in [5.41, 5.74) is 0.757. The van der Waals surface area contributed by atoms with Crippen LogP contribution in [0.5, 0.6) is 5.75 Å². The predicted molar refractivity (Wildman–Crippen MR) is 89.5 cm³/mol. The number of nitrogens with zero attached hydrogens (tertiary/aromatic N) is 2. The van der Waals surface area contributed by atoms with Crippen LogP contribution in [0.1, 0.15) is 20.8 Å². The van der Waals surface area contributed by atoms with Gasteiger partial charge >= 0.3 is 0 Å². The van der Waals surface area contributed by atoms with Crippen molar-refractivity contribution < 1.29 is 14.3 Å². The van der Waals surface area contributed by atoms with Crippen LogP contribution in [0.15, 0.2) is 24.3 Å². The zero-order chi connectivity index (χ0) is 16.8. The monoisotopic (exact) mass is 319 g/mol. The fraction of sp³-hybridized carbons (Fsp3) is 0.529. The molecule has 1 atom stereocenters. The van der Waals surface area contributed by atoms with Crippen LogP contribution < -0.4 is 10.1 Å². The maximum atomic E-state index is 12.4. The highest BCUT2D eigenvalue weighted by Crippen LogP contribution is 2.16. The van der Waals surface area contributed by atoms with E-state index in [1.165, 1.54) is 0 Å². The second-order valence-electron chi connectivity index (χ2n) is 5.66. The molecular weight excluding hydrogens is 294 g/mol. The number of ether oxygens (including phenoxy) is 1. The maximum absolute atomic E-state index is 12.4. The first-order chi connectivity index (χ1) is 11.0. The van der Waals surface area contributed by atoms with E-state index >= 15 is 0 Å². The molecular formula is C17H25N3O3. The van der Waals surface area contributed by atoms with Crippen LogP contribution >= 0.6 is 0 Å². The second-order valence-corrected chi connectivity index (χ2v) is 5.66. The summed E-state index contributed by atoms with van der Waals surface area (Å²) >= 11 is 0. The summed E-state index contributed by atoms with van der Waals surface area (Å²) in [6.45, 7) is 8.82. The lowest BCUT2D eigenvalue weighted by Gasteiger charge is -2.37. The number of carbonyl (C=O) groups excluding carboxylic acids is 2. The highest BCUT2D eigenvalue weighted by molar-refractivity contribution is 5.94. The Morgan fingerprint density at radius 2 is 1.78 bits per heavy atom. The second kappa shape index (κ2) is 7.97. The van der Waals surface area contributed by atoms with Gasteiger partial charge in [0.15, 0.2) is 0 Å². The molecule has 0 spiro atoms. The molecule has 1 saturated heterocycles. The lowest BCUT2D eigenvalue weighted by atomic mass is 10.2. The third-order valence-electron chi connectivity index (χ3n) is 4.12. The van der Waals surface area contributed by atoms with E-state index < -0.39 is 0 Å². The number of rotatable bonds is 5. The zero-order valence-electron chi connectivity index (χ0n) is 14.0. The van der Waals surface area contributed by atoms with Gasteiger partial charge in [0.1, 0.15) is 5.75 Å². The Hall–Kier alpha value is -2.08. The van der Waals surface area contributed by atoms with Gasteiger partial charge in [-0.15, -0.1) is 0 Å². The van der Waals surface area contributed by atoms with Crippen LogP contribution in [0.3, 0.4) is 0 Å². The standard InChI is InChI=1S/C17H25N3O3/c1-4-23-16-7-5-15(6-8-16)18-17(22)13(2)19-9-11-20(12-10-19)14(3)21/h5-8,13H,4,9-12H2,1-3H3,(H,18,22)/t13-/m1/s1. The van der Waals surface area contributed by atoms with E-state index in [0.29, 0.717) is 19.7 Å². The van der Waals surface area contributed by atoms with E-state index in [-0.39, 0.29) is 17.9 Å². The van der Waals surface area contributed by atoms with Crippen molar-refractivity contribution in [1.82, 2.24) is 9.80 Å². The topological polar surface area (TPSA) is 61.9 Å². The molecule has 2 rings (SSSR count). The van der Waals surface area contributed by atoms with Gasteiger partial charge in [-0.3, -0.25) is 14.5 Å². The molecule has 1 aromatic rings. The summed E-state index contributed by atoms with van der Waals surface area (Å²) in [6.07, 6.45) is 0. The Balaban J connectivity index is 1.86. The SMILES string of the molecule is CCOc1ccc(NC(=O)[C@@H](C)N2CCN(C(C)=O)CC2)cc1. The molecule has 0 aliphatic carbocycles. The number of carbonyl (C=O) groups is 2. The third kappa shape index (κ3) is 4.69. The average molecular weight is 319 g/mol. The molecule has 0 unspecified atom stereocenters. The molecule has 1 fully saturated rings. The fourth-order valence-corrected chi connectivity index (χ4v) is 2.64. The summed E-state index contributed by atoms with van der Waals surface area (Å²) in [6, 6.07) is 7.13. The van der Waals surface area contributed by atoms with Crippen molar-refractivity contribution in [1.29, 1.82) is 0 Å². The molecule has 0 bridgehead atoms. The first kappa shape index (κ1) is 17.3. The Morgan fingerprint density at radius 1 is 1.17 bits per heavy atom. The van der Waals surface area contributed by atoms with Crippen LogP contribution in [-0.4, -0.2) is 60.4 Å². The first-order valence-electron chi connectivity index (χ1n) is 8.04. The van der Waals surface area contributed by atoms with Crippen LogP contribution in [0, 0.1) is 0 Å². The number of benzene rings is 1. The molecule has 1 aliphatic heterocycles. The average Bonchev–Trinajstić information content (AvgIpc) is 2.56. The van der Waals surface area contributed by atoms with Crippen molar-refractivity contribution in [2.24, 2.45) is 0 Å². The molecule has 23 heavy (non-hydrogen) atoms. The van der Waals surface area contributed by atoms with Crippen LogP contribution in [0.2, 0.25) is 0 Å². The van der Waals surface area contributed by atoms with Crippen LogP contribution in [0.25, 0.3) is 0 Å². The minimum Gasteiger partial charge on any atom is -0.494 e. The van der Waals surface area contributed by atoms with Crippen molar-refractivity contribution in [3.63, 3.8) is 0 Å². The van der Waals surface area contributed by atoms with E-state index in [1.54, 1.807) is 6.92 Å². The molecule has 0 saturated carbocycles. The molecule has 2 amide bonds. The third-order valence-corrected chi connectivity index (χ3v) is 4.12. The molecule has 0 radical (unpaired) electrons. The highest BCUT2D eigenvalue weighted by atomic mass is 16.5. The lowest BCUT2D eigenvalue weighted by molar-refractivity contribution is -0.131. The van der Waals surface area contributed by atoms with Crippen molar-refractivity contribution in [2.45, 2.75) is 26.8 Å². The number of piperazine rings is 1. The molecule has 1 aromatic carbocycles. The van der Waals surface area contributed by atoms with Gasteiger partial charge in [-0.2, -0.15) is 0 Å². The van der Waals surface area contributed by atoms with Crippen molar-refractivity contribution in [3.8, 4) is 5.75 Å². The van der Waals surface area contributed by atoms with Gasteiger partial charge in [0, 0.05) is 38.8 Å². The van der Waals surface area contributed by atoms with Gasteiger partial charge in [0.25, 0.3) is 0 Å². The smallest absolute Gasteiger partial charge is 0.241 e. The van der Waals surface area contributed by atoms with Gasteiger partial charge in [-0.1, -0.05) is 0 Å². The number of nitrogens with one attached hydrogen (secondary N) is 1. The van der Waals surface area contributed by atoms with Crippen LogP contribution in [0.4, 0.5) is 5.69 Å². The molecule has 6 heteroatoms. The largest absolute Gasteiger partial charge is 0.494 e. The zero-order valence-corrected chi connectivity index (χ0v) is 14.0. The highest BCUT2D eigenvalue weighted by Gasteiger charge is 2.26. The Labute approximate surface area is 137 Å². The minimum absolute atomic E-state index is 0.0366. The number of hydrogen-bond donors (Lipinski definition) is 1. The number of amides is 2. The molecule has 1 heterocycles. The van der Waals surface area contributed by atoms with E-state index in [1.807, 2.05) is 43.0 Å². The van der Waals surface area contributed by atoms with Crippen LogP contribution in [-0.2, 0) is 9.59 Å². The van der Waals surface area contributed by atoms with Crippen molar-refractivity contribution in [3.05, 3.63) is 24.3 Å². The van der Waals surface area contributed by atoms with E-state index in [9.17, 15) is 9.59 Å². The van der Waals surface area contributed by atoms with Gasteiger partial charge in [0.2, 0.25) is 11.8 Å². The Bertz CT molecular complexity index is 537. The Morgan fingerprint density at radius 3 is 2.30 bits per heavy atom. The van der Waals surface area contributed by atoms with Gasteiger partial charge in [-0.25, -0.2) is 0 Å². The van der Waals surface area contributed by atoms with Crippen molar-refractivity contribution in [2.75, 3.05) is 38.1 Å². The number of hydrogen-bond acceptors (Lipinski definition) is 4. The molecule has 126 valence electrons. The Kier molecular flexibility index (Phi) is 5.98. The molecule has 6 nitrogen and oxygen atoms in total. The van der Waals surface area contributed by atoms with E-state index in [2.05, 4.69) is 10.2 Å². The number of anilines is 1. The summed E-state index contributed by atoms with van der Waals surface area (Å²) in [7, 11) is 0. The molecule has 1 N–H and O–H groups in total.